The number of alkyl halides is 2. The topological polar surface area (TPSA) is 47.0 Å². The lowest BCUT2D eigenvalue weighted by atomic mass is 9.85. The summed E-state index contributed by atoms with van der Waals surface area (Å²) in [4.78, 5) is 4.41. The van der Waals surface area contributed by atoms with Gasteiger partial charge in [0.1, 0.15) is 9.75 Å². The van der Waals surface area contributed by atoms with Crippen LogP contribution >= 0.6 is 11.3 Å². The maximum Gasteiger partial charge on any atom is 0.248 e. The predicted molar refractivity (Wildman–Crippen MR) is 76.1 cm³/mol. The van der Waals surface area contributed by atoms with Crippen molar-refractivity contribution in [1.82, 2.24) is 4.98 Å². The van der Waals surface area contributed by atoms with Crippen molar-refractivity contribution in [1.29, 1.82) is 0 Å². The molecule has 7 heteroatoms. The Morgan fingerprint density at radius 1 is 1.35 bits per heavy atom. The molecule has 0 radical (unpaired) electrons. The largest absolute Gasteiger partial charge is 0.248 e. The standard InChI is InChI=1S/C13H19F2NO2S2/c1-12(2,20(3,17)18)11-16-10(8-19-11)9-4-6-13(14,15)7-5-9/h8-9H,4-7H2,1-3H3. The van der Waals surface area contributed by atoms with Gasteiger partial charge in [-0.15, -0.1) is 11.3 Å². The summed E-state index contributed by atoms with van der Waals surface area (Å²) in [6.45, 7) is 3.25. The molecule has 0 aromatic carbocycles. The van der Waals surface area contributed by atoms with E-state index in [2.05, 4.69) is 4.98 Å². The van der Waals surface area contributed by atoms with Crippen molar-refractivity contribution in [3.05, 3.63) is 16.1 Å². The number of hydrogen-bond acceptors (Lipinski definition) is 4. The third-order valence-electron chi connectivity index (χ3n) is 4.10. The number of sulfone groups is 1. The van der Waals surface area contributed by atoms with Crippen LogP contribution in [0.4, 0.5) is 8.78 Å². The van der Waals surface area contributed by atoms with E-state index in [-0.39, 0.29) is 18.8 Å². The second kappa shape index (κ2) is 5.02. The molecular weight excluding hydrogens is 304 g/mol. The monoisotopic (exact) mass is 323 g/mol. The first-order valence-electron chi connectivity index (χ1n) is 6.56. The van der Waals surface area contributed by atoms with Crippen molar-refractivity contribution in [3.63, 3.8) is 0 Å². The first-order chi connectivity index (χ1) is 9.03. The van der Waals surface area contributed by atoms with Crippen LogP contribution in [0.15, 0.2) is 5.38 Å². The molecule has 1 aromatic heterocycles. The molecule has 1 aliphatic carbocycles. The molecule has 1 saturated carbocycles. The lowest BCUT2D eigenvalue weighted by molar-refractivity contribution is -0.0384. The lowest BCUT2D eigenvalue weighted by Gasteiger charge is -2.27. The summed E-state index contributed by atoms with van der Waals surface area (Å²) in [6, 6.07) is 0. The van der Waals surface area contributed by atoms with E-state index in [1.165, 1.54) is 17.6 Å². The quantitative estimate of drug-likeness (QED) is 0.852. The van der Waals surface area contributed by atoms with Crippen molar-refractivity contribution in [2.24, 2.45) is 0 Å². The molecule has 0 saturated heterocycles. The fourth-order valence-corrected chi connectivity index (χ4v) is 4.13. The minimum atomic E-state index is -3.26. The summed E-state index contributed by atoms with van der Waals surface area (Å²) in [7, 11) is -3.26. The van der Waals surface area contributed by atoms with Crippen LogP contribution in [0, 0.1) is 0 Å². The zero-order valence-corrected chi connectivity index (χ0v) is 13.5. The Kier molecular flexibility index (Phi) is 3.97. The normalized spacial score (nSPS) is 21.1. The average Bonchev–Trinajstić information content (AvgIpc) is 2.77. The highest BCUT2D eigenvalue weighted by Crippen LogP contribution is 2.42. The summed E-state index contributed by atoms with van der Waals surface area (Å²) in [6.07, 6.45) is 1.79. The molecular formula is C13H19F2NO2S2. The van der Waals surface area contributed by atoms with Crippen molar-refractivity contribution >= 4 is 21.2 Å². The van der Waals surface area contributed by atoms with Crippen molar-refractivity contribution < 1.29 is 17.2 Å². The van der Waals surface area contributed by atoms with Gasteiger partial charge in [0.05, 0.1) is 5.69 Å². The Balaban J connectivity index is 2.19. The molecule has 1 aromatic rings. The molecule has 0 atom stereocenters. The zero-order chi connectivity index (χ0) is 15.2. The Labute approximate surface area is 122 Å². The van der Waals surface area contributed by atoms with E-state index in [1.807, 2.05) is 5.38 Å². The summed E-state index contributed by atoms with van der Waals surface area (Å²) < 4.78 is 48.8. The highest BCUT2D eigenvalue weighted by atomic mass is 32.2. The predicted octanol–water partition coefficient (Wildman–Crippen LogP) is 3.72. The lowest BCUT2D eigenvalue weighted by Crippen LogP contribution is -2.28. The Bertz CT molecular complexity index is 583. The average molecular weight is 323 g/mol. The molecule has 0 bridgehead atoms. The van der Waals surface area contributed by atoms with Gasteiger partial charge in [-0.05, 0) is 26.7 Å². The van der Waals surface area contributed by atoms with Gasteiger partial charge in [-0.1, -0.05) is 0 Å². The third kappa shape index (κ3) is 3.03. The van der Waals surface area contributed by atoms with E-state index < -0.39 is 20.5 Å². The second-order valence-corrected chi connectivity index (χ2v) is 9.41. The van der Waals surface area contributed by atoms with Gasteiger partial charge in [0.15, 0.2) is 9.84 Å². The van der Waals surface area contributed by atoms with Crippen LogP contribution < -0.4 is 0 Å². The van der Waals surface area contributed by atoms with Crippen molar-refractivity contribution in [3.8, 4) is 0 Å². The van der Waals surface area contributed by atoms with E-state index in [0.29, 0.717) is 17.8 Å². The molecule has 1 fully saturated rings. The van der Waals surface area contributed by atoms with Crippen molar-refractivity contribution in [2.45, 2.75) is 56.1 Å². The number of thiazole rings is 1. The highest BCUT2D eigenvalue weighted by Gasteiger charge is 2.38. The van der Waals surface area contributed by atoms with Gasteiger partial charge in [-0.25, -0.2) is 22.2 Å². The highest BCUT2D eigenvalue weighted by molar-refractivity contribution is 7.91. The Morgan fingerprint density at radius 3 is 2.40 bits per heavy atom. The van der Waals surface area contributed by atoms with E-state index in [0.717, 1.165) is 5.69 Å². The van der Waals surface area contributed by atoms with Gasteiger partial charge in [0.25, 0.3) is 0 Å². The number of rotatable bonds is 3. The molecule has 0 amide bonds. The Hall–Kier alpha value is -0.560. The van der Waals surface area contributed by atoms with Crippen LogP contribution in [-0.4, -0.2) is 25.6 Å². The fourth-order valence-electron chi connectivity index (χ4n) is 2.24. The van der Waals surface area contributed by atoms with E-state index >= 15 is 0 Å². The smallest absolute Gasteiger partial charge is 0.244 e. The molecule has 1 heterocycles. The minimum absolute atomic E-state index is 0.0231. The summed E-state index contributed by atoms with van der Waals surface area (Å²) in [5.74, 6) is -2.53. The van der Waals surface area contributed by atoms with Crippen molar-refractivity contribution in [2.75, 3.05) is 6.26 Å². The molecule has 0 unspecified atom stereocenters. The van der Waals surface area contributed by atoms with Crippen LogP contribution in [0.5, 0.6) is 0 Å². The molecule has 1 aliphatic rings. The van der Waals surface area contributed by atoms with Gasteiger partial charge in [-0.3, -0.25) is 0 Å². The Morgan fingerprint density at radius 2 is 1.90 bits per heavy atom. The number of nitrogens with zero attached hydrogens (tertiary/aromatic N) is 1. The minimum Gasteiger partial charge on any atom is -0.244 e. The van der Waals surface area contributed by atoms with Gasteiger partial charge in [0, 0.05) is 30.4 Å². The molecule has 2 rings (SSSR count). The first-order valence-corrected chi connectivity index (χ1v) is 9.33. The number of aromatic nitrogens is 1. The van der Waals surface area contributed by atoms with Crippen LogP contribution in [-0.2, 0) is 14.6 Å². The summed E-state index contributed by atoms with van der Waals surface area (Å²) in [5.41, 5.74) is 0.761. The summed E-state index contributed by atoms with van der Waals surface area (Å²) >= 11 is 1.30. The maximum absolute atomic E-state index is 13.1. The second-order valence-electron chi connectivity index (χ2n) is 5.99. The number of halogens is 2. The summed E-state index contributed by atoms with van der Waals surface area (Å²) in [5, 5.41) is 2.35. The zero-order valence-electron chi connectivity index (χ0n) is 11.8. The van der Waals surface area contributed by atoms with Crippen LogP contribution in [0.3, 0.4) is 0 Å². The maximum atomic E-state index is 13.1. The van der Waals surface area contributed by atoms with E-state index in [9.17, 15) is 17.2 Å². The molecule has 0 aliphatic heterocycles. The third-order valence-corrected chi connectivity index (χ3v) is 7.46. The van der Waals surface area contributed by atoms with Gasteiger partial charge >= 0.3 is 0 Å². The van der Waals surface area contributed by atoms with Crippen LogP contribution in [0.1, 0.15) is 56.2 Å². The molecule has 114 valence electrons. The van der Waals surface area contributed by atoms with Crippen LogP contribution in [0.25, 0.3) is 0 Å². The number of hydrogen-bond donors (Lipinski definition) is 0. The first kappa shape index (κ1) is 15.8. The SMILES string of the molecule is CC(C)(c1nc(C2CCC(F)(F)CC2)cs1)S(C)(=O)=O. The molecule has 0 spiro atoms. The van der Waals surface area contributed by atoms with Crippen LogP contribution in [0.2, 0.25) is 0 Å². The van der Waals surface area contributed by atoms with E-state index in [4.69, 9.17) is 0 Å². The van der Waals surface area contributed by atoms with Gasteiger partial charge in [-0.2, -0.15) is 0 Å². The molecule has 20 heavy (non-hydrogen) atoms. The molecule has 0 N–H and O–H groups in total. The fraction of sp³-hybridized carbons (Fsp3) is 0.769. The van der Waals surface area contributed by atoms with Gasteiger partial charge < -0.3 is 0 Å². The van der Waals surface area contributed by atoms with Gasteiger partial charge in [0.2, 0.25) is 5.92 Å². The van der Waals surface area contributed by atoms with E-state index in [1.54, 1.807) is 13.8 Å². The molecule has 3 nitrogen and oxygen atoms in total.